The molecule has 1 nitrogen and oxygen atoms in total. The maximum absolute atomic E-state index is 5.87. The summed E-state index contributed by atoms with van der Waals surface area (Å²) in [4.78, 5) is 4.23. The summed E-state index contributed by atoms with van der Waals surface area (Å²) in [6.07, 6.45) is 1.89. The first-order valence-corrected chi connectivity index (χ1v) is 4.49. The van der Waals surface area contributed by atoms with Crippen molar-refractivity contribution in [1.82, 2.24) is 0 Å². The van der Waals surface area contributed by atoms with Crippen LogP contribution in [0.1, 0.15) is 19.8 Å². The summed E-state index contributed by atoms with van der Waals surface area (Å²) < 4.78 is 0. The molecule has 0 radical (unpaired) electrons. The molecule has 0 spiro atoms. The second-order valence-electron chi connectivity index (χ2n) is 2.57. The Bertz CT molecular complexity index is 254. The van der Waals surface area contributed by atoms with Crippen molar-refractivity contribution >= 4 is 22.5 Å². The Morgan fingerprint density at radius 3 is 2.58 bits per heavy atom. The molecule has 0 heterocycles. The van der Waals surface area contributed by atoms with Crippen LogP contribution in [0.15, 0.2) is 35.3 Å². The molecule has 1 rings (SSSR count). The predicted molar refractivity (Wildman–Crippen MR) is 54.3 cm³/mol. The molecular weight excluding hydrogens is 170 g/mol. The van der Waals surface area contributed by atoms with E-state index in [1.165, 1.54) is 0 Å². The highest BCUT2D eigenvalue weighted by molar-refractivity contribution is 6.65. The molecule has 0 atom stereocenters. The van der Waals surface area contributed by atoms with E-state index in [-0.39, 0.29) is 0 Å². The van der Waals surface area contributed by atoms with E-state index in [4.69, 9.17) is 11.6 Å². The van der Waals surface area contributed by atoms with Crippen LogP contribution in [-0.2, 0) is 0 Å². The average Bonchev–Trinajstić information content (AvgIpc) is 2.06. The fraction of sp³-hybridized carbons (Fsp3) is 0.300. The van der Waals surface area contributed by atoms with Gasteiger partial charge in [0, 0.05) is 6.42 Å². The molecule has 12 heavy (non-hydrogen) atoms. The monoisotopic (exact) mass is 181 g/mol. The third-order valence-electron chi connectivity index (χ3n) is 1.46. The number of halogens is 1. The summed E-state index contributed by atoms with van der Waals surface area (Å²) in [6.45, 7) is 2.09. The van der Waals surface area contributed by atoms with Gasteiger partial charge in [0.1, 0.15) is 5.17 Å². The Hall–Kier alpha value is -0.820. The molecule has 0 unspecified atom stereocenters. The van der Waals surface area contributed by atoms with Gasteiger partial charge in [-0.05, 0) is 18.6 Å². The predicted octanol–water partition coefficient (Wildman–Crippen LogP) is 3.76. The van der Waals surface area contributed by atoms with Gasteiger partial charge in [-0.2, -0.15) is 0 Å². The van der Waals surface area contributed by atoms with E-state index < -0.39 is 0 Å². The minimum atomic E-state index is 0.684. The number of benzene rings is 1. The molecule has 0 aliphatic rings. The summed E-state index contributed by atoms with van der Waals surface area (Å²) in [5.74, 6) is 0. The minimum absolute atomic E-state index is 0.684. The van der Waals surface area contributed by atoms with Crippen molar-refractivity contribution in [2.75, 3.05) is 0 Å². The Balaban J connectivity index is 2.67. The molecule has 0 bridgehead atoms. The third-order valence-corrected chi connectivity index (χ3v) is 1.74. The van der Waals surface area contributed by atoms with E-state index in [2.05, 4.69) is 11.9 Å². The lowest BCUT2D eigenvalue weighted by atomic mass is 10.3. The van der Waals surface area contributed by atoms with Crippen LogP contribution in [0.4, 0.5) is 5.69 Å². The lowest BCUT2D eigenvalue weighted by Crippen LogP contribution is -1.83. The number of rotatable bonds is 3. The molecule has 0 aromatic heterocycles. The molecule has 64 valence electrons. The highest BCUT2D eigenvalue weighted by Gasteiger charge is 1.92. The van der Waals surface area contributed by atoms with Crippen LogP contribution in [0.2, 0.25) is 0 Å². The van der Waals surface area contributed by atoms with Crippen molar-refractivity contribution in [3.8, 4) is 0 Å². The third kappa shape index (κ3) is 3.05. The van der Waals surface area contributed by atoms with Gasteiger partial charge in [0.15, 0.2) is 0 Å². The number of nitrogens with zero attached hydrogens (tertiary/aromatic N) is 1. The molecule has 0 saturated carbocycles. The first-order chi connectivity index (χ1) is 5.83. The van der Waals surface area contributed by atoms with Crippen molar-refractivity contribution < 1.29 is 0 Å². The fourth-order valence-corrected chi connectivity index (χ4v) is 1.19. The van der Waals surface area contributed by atoms with Crippen molar-refractivity contribution in [2.45, 2.75) is 19.8 Å². The van der Waals surface area contributed by atoms with Crippen LogP contribution in [-0.4, -0.2) is 5.17 Å². The number of aliphatic imine (C=N–C) groups is 1. The summed E-state index contributed by atoms with van der Waals surface area (Å²) in [5, 5.41) is 0.684. The van der Waals surface area contributed by atoms with Gasteiger partial charge in [0.05, 0.1) is 5.69 Å². The van der Waals surface area contributed by atoms with Gasteiger partial charge in [-0.3, -0.25) is 0 Å². The standard InChI is InChI=1S/C10H12ClN/c1-2-6-10(11)12-9-7-4-3-5-8-9/h3-5,7-8H,2,6H2,1H3. The van der Waals surface area contributed by atoms with Crippen molar-refractivity contribution in [3.05, 3.63) is 30.3 Å². The number of hydrogen-bond donors (Lipinski definition) is 0. The summed E-state index contributed by atoms with van der Waals surface area (Å²) in [6, 6.07) is 9.76. The molecule has 0 aliphatic heterocycles. The average molecular weight is 182 g/mol. The topological polar surface area (TPSA) is 12.4 Å². The first kappa shape index (κ1) is 9.27. The molecule has 0 N–H and O–H groups in total. The molecule has 0 amide bonds. The summed E-state index contributed by atoms with van der Waals surface area (Å²) in [5.41, 5.74) is 0.927. The molecule has 0 saturated heterocycles. The zero-order valence-corrected chi connectivity index (χ0v) is 7.88. The van der Waals surface area contributed by atoms with E-state index in [1.54, 1.807) is 0 Å². The second-order valence-corrected chi connectivity index (χ2v) is 3.01. The van der Waals surface area contributed by atoms with E-state index in [1.807, 2.05) is 30.3 Å². The molecule has 1 aromatic rings. The highest BCUT2D eigenvalue weighted by atomic mass is 35.5. The largest absolute Gasteiger partial charge is 0.241 e. The Morgan fingerprint density at radius 1 is 1.33 bits per heavy atom. The SMILES string of the molecule is CCCC(Cl)=Nc1ccccc1. The van der Waals surface area contributed by atoms with Crippen molar-refractivity contribution in [3.63, 3.8) is 0 Å². The van der Waals surface area contributed by atoms with Crippen molar-refractivity contribution in [1.29, 1.82) is 0 Å². The first-order valence-electron chi connectivity index (χ1n) is 4.11. The quantitative estimate of drug-likeness (QED) is 0.630. The second kappa shape index (κ2) is 4.94. The Kier molecular flexibility index (Phi) is 3.81. The minimum Gasteiger partial charge on any atom is -0.241 e. The maximum atomic E-state index is 5.87. The number of para-hydroxylation sites is 1. The molecular formula is C10H12ClN. The number of hydrogen-bond acceptors (Lipinski definition) is 1. The van der Waals surface area contributed by atoms with Crippen LogP contribution in [0.3, 0.4) is 0 Å². The summed E-state index contributed by atoms with van der Waals surface area (Å²) >= 11 is 5.87. The van der Waals surface area contributed by atoms with Crippen LogP contribution >= 0.6 is 11.6 Å². The van der Waals surface area contributed by atoms with E-state index in [0.717, 1.165) is 18.5 Å². The van der Waals surface area contributed by atoms with Crippen LogP contribution < -0.4 is 0 Å². The molecule has 2 heteroatoms. The van der Waals surface area contributed by atoms with Crippen LogP contribution in [0, 0.1) is 0 Å². The lowest BCUT2D eigenvalue weighted by molar-refractivity contribution is 1.00. The highest BCUT2D eigenvalue weighted by Crippen LogP contribution is 2.12. The molecule has 0 fully saturated rings. The van der Waals surface area contributed by atoms with Gasteiger partial charge in [-0.1, -0.05) is 36.7 Å². The Morgan fingerprint density at radius 2 is 2.00 bits per heavy atom. The smallest absolute Gasteiger partial charge is 0.106 e. The molecule has 0 aliphatic carbocycles. The van der Waals surface area contributed by atoms with Crippen LogP contribution in [0.5, 0.6) is 0 Å². The zero-order chi connectivity index (χ0) is 8.81. The normalized spacial score (nSPS) is 11.7. The zero-order valence-electron chi connectivity index (χ0n) is 7.13. The van der Waals surface area contributed by atoms with E-state index >= 15 is 0 Å². The maximum Gasteiger partial charge on any atom is 0.106 e. The van der Waals surface area contributed by atoms with Gasteiger partial charge in [-0.25, -0.2) is 4.99 Å². The van der Waals surface area contributed by atoms with E-state index in [9.17, 15) is 0 Å². The van der Waals surface area contributed by atoms with Gasteiger partial charge >= 0.3 is 0 Å². The van der Waals surface area contributed by atoms with Gasteiger partial charge < -0.3 is 0 Å². The summed E-state index contributed by atoms with van der Waals surface area (Å²) in [7, 11) is 0. The van der Waals surface area contributed by atoms with Crippen molar-refractivity contribution in [2.24, 2.45) is 4.99 Å². The van der Waals surface area contributed by atoms with Gasteiger partial charge in [0.2, 0.25) is 0 Å². The van der Waals surface area contributed by atoms with Gasteiger partial charge in [-0.15, -0.1) is 0 Å². The molecule has 1 aromatic carbocycles. The van der Waals surface area contributed by atoms with E-state index in [0.29, 0.717) is 5.17 Å². The fourth-order valence-electron chi connectivity index (χ4n) is 0.905. The lowest BCUT2D eigenvalue weighted by Gasteiger charge is -1.94. The Labute approximate surface area is 78.1 Å². The van der Waals surface area contributed by atoms with Crippen LogP contribution in [0.25, 0.3) is 0 Å². The van der Waals surface area contributed by atoms with Gasteiger partial charge in [0.25, 0.3) is 0 Å².